The summed E-state index contributed by atoms with van der Waals surface area (Å²) in [4.78, 5) is 0. The Morgan fingerprint density at radius 1 is 0.522 bits per heavy atom. The molecule has 0 amide bonds. The molecular weight excluding hydrogens is 276 g/mol. The highest BCUT2D eigenvalue weighted by molar-refractivity contribution is 6.08. The summed E-state index contributed by atoms with van der Waals surface area (Å²) in [7, 11) is 0. The highest BCUT2D eigenvalue weighted by atomic mass is 14.1. The number of hydrogen-bond donors (Lipinski definition) is 0. The highest BCUT2D eigenvalue weighted by Crippen LogP contribution is 2.30. The monoisotopic (exact) mass is 298 g/mol. The number of aryl methyl sites for hydroxylation is 1. The van der Waals surface area contributed by atoms with E-state index in [4.69, 9.17) is 0 Å². The first-order chi connectivity index (χ1) is 11.3. The van der Waals surface area contributed by atoms with Gasteiger partial charge < -0.3 is 0 Å². The second-order valence-electron chi connectivity index (χ2n) is 5.59. The van der Waals surface area contributed by atoms with Crippen LogP contribution in [0.25, 0.3) is 32.7 Å². The minimum Gasteiger partial charge on any atom is -0.0683 e. The molecule has 0 aliphatic carbocycles. The lowest BCUT2D eigenvalue weighted by molar-refractivity contribution is 1.50. The van der Waals surface area contributed by atoms with Gasteiger partial charge in [0.2, 0.25) is 0 Å². The second-order valence-corrected chi connectivity index (χ2v) is 5.59. The van der Waals surface area contributed by atoms with Crippen molar-refractivity contribution in [2.75, 3.05) is 0 Å². The number of benzene rings is 4. The lowest BCUT2D eigenvalue weighted by atomic mass is 9.96. The molecule has 23 heavy (non-hydrogen) atoms. The first-order valence-electron chi connectivity index (χ1n) is 8.30. The maximum Gasteiger partial charge on any atom is -0.00991 e. The Hall–Kier alpha value is -2.60. The van der Waals surface area contributed by atoms with Gasteiger partial charge in [-0.2, -0.15) is 0 Å². The van der Waals surface area contributed by atoms with E-state index in [1.807, 2.05) is 13.8 Å². The summed E-state index contributed by atoms with van der Waals surface area (Å²) in [6.45, 7) is 6.15. The minimum absolute atomic E-state index is 1.27. The molecule has 0 heterocycles. The van der Waals surface area contributed by atoms with Crippen LogP contribution in [0.15, 0.2) is 78.9 Å². The van der Waals surface area contributed by atoms with Crippen molar-refractivity contribution < 1.29 is 0 Å². The van der Waals surface area contributed by atoms with Crippen LogP contribution < -0.4 is 0 Å². The summed E-state index contributed by atoms with van der Waals surface area (Å²) in [5.41, 5.74) is 3.85. The number of hydrogen-bond acceptors (Lipinski definition) is 0. The van der Waals surface area contributed by atoms with Gasteiger partial charge in [-0.25, -0.2) is 0 Å². The largest absolute Gasteiger partial charge is 0.0683 e. The van der Waals surface area contributed by atoms with Crippen LogP contribution in [0.1, 0.15) is 19.4 Å². The van der Waals surface area contributed by atoms with Gasteiger partial charge in [0, 0.05) is 0 Å². The lowest BCUT2D eigenvalue weighted by Crippen LogP contribution is -1.82. The van der Waals surface area contributed by atoms with Crippen LogP contribution in [0.4, 0.5) is 0 Å². The molecule has 0 spiro atoms. The van der Waals surface area contributed by atoms with Crippen LogP contribution >= 0.6 is 0 Å². The molecule has 0 bridgehead atoms. The minimum atomic E-state index is 1.27. The molecule has 0 atom stereocenters. The van der Waals surface area contributed by atoms with Gasteiger partial charge in [0.05, 0.1) is 0 Å². The Kier molecular flexibility index (Phi) is 4.43. The zero-order valence-electron chi connectivity index (χ0n) is 14.0. The third-order valence-corrected chi connectivity index (χ3v) is 4.10. The van der Waals surface area contributed by atoms with Gasteiger partial charge in [0.15, 0.2) is 0 Å². The van der Waals surface area contributed by atoms with Gasteiger partial charge >= 0.3 is 0 Å². The smallest absolute Gasteiger partial charge is 0.00991 e. The molecule has 0 aliphatic heterocycles. The highest BCUT2D eigenvalue weighted by Gasteiger charge is 2.03. The molecule has 4 aromatic rings. The first kappa shape index (κ1) is 15.3. The standard InChI is InChI=1S/C21H16.C2H6/c1-15-7-8-17-9-10-18-11-12-19(14-21(18)20(17)13-15)16-5-3-2-4-6-16;1-2/h2-14H,1H3;1-2H3. The van der Waals surface area contributed by atoms with Gasteiger partial charge in [-0.3, -0.25) is 0 Å². The molecule has 0 N–H and O–H groups in total. The van der Waals surface area contributed by atoms with Gasteiger partial charge in [0.1, 0.15) is 0 Å². The Balaban J connectivity index is 0.000000753. The maximum atomic E-state index is 2.31. The van der Waals surface area contributed by atoms with Crippen molar-refractivity contribution in [3.8, 4) is 11.1 Å². The van der Waals surface area contributed by atoms with Crippen LogP contribution in [-0.4, -0.2) is 0 Å². The van der Waals surface area contributed by atoms with E-state index in [1.165, 1.54) is 38.2 Å². The quantitative estimate of drug-likeness (QED) is 0.332. The third-order valence-electron chi connectivity index (χ3n) is 4.10. The molecule has 0 saturated heterocycles. The van der Waals surface area contributed by atoms with E-state index < -0.39 is 0 Å². The van der Waals surface area contributed by atoms with Crippen molar-refractivity contribution in [1.29, 1.82) is 0 Å². The molecule has 0 saturated carbocycles. The van der Waals surface area contributed by atoms with Gasteiger partial charge in [-0.05, 0) is 45.7 Å². The van der Waals surface area contributed by atoms with Crippen LogP contribution in [0, 0.1) is 6.92 Å². The first-order valence-corrected chi connectivity index (χ1v) is 8.30. The summed E-state index contributed by atoms with van der Waals surface area (Å²) in [5, 5.41) is 5.27. The average Bonchev–Trinajstić information content (AvgIpc) is 2.63. The summed E-state index contributed by atoms with van der Waals surface area (Å²) < 4.78 is 0. The number of rotatable bonds is 1. The Bertz CT molecular complexity index is 934. The van der Waals surface area contributed by atoms with Crippen molar-refractivity contribution in [3.63, 3.8) is 0 Å². The van der Waals surface area contributed by atoms with E-state index in [2.05, 4.69) is 85.8 Å². The van der Waals surface area contributed by atoms with Crippen molar-refractivity contribution >= 4 is 21.5 Å². The fraction of sp³-hybridized carbons (Fsp3) is 0.130. The van der Waals surface area contributed by atoms with E-state index in [1.54, 1.807) is 0 Å². The molecule has 0 fully saturated rings. The SMILES string of the molecule is CC.Cc1ccc2ccc3ccc(-c4ccccc4)cc3c2c1. The van der Waals surface area contributed by atoms with E-state index in [0.717, 1.165) is 0 Å². The fourth-order valence-corrected chi connectivity index (χ4v) is 2.97. The molecule has 0 radical (unpaired) electrons. The van der Waals surface area contributed by atoms with Gasteiger partial charge in [-0.15, -0.1) is 0 Å². The van der Waals surface area contributed by atoms with Crippen LogP contribution in [-0.2, 0) is 0 Å². The van der Waals surface area contributed by atoms with E-state index >= 15 is 0 Å². The molecular formula is C23H22. The third kappa shape index (κ3) is 2.98. The molecule has 4 rings (SSSR count). The summed E-state index contributed by atoms with van der Waals surface area (Å²) in [6.07, 6.45) is 0. The normalized spacial score (nSPS) is 10.4. The lowest BCUT2D eigenvalue weighted by Gasteiger charge is -2.08. The molecule has 0 aliphatic rings. The fourth-order valence-electron chi connectivity index (χ4n) is 2.97. The molecule has 0 unspecified atom stereocenters. The zero-order valence-corrected chi connectivity index (χ0v) is 14.0. The van der Waals surface area contributed by atoms with Crippen molar-refractivity contribution in [3.05, 3.63) is 84.4 Å². The predicted molar refractivity (Wildman–Crippen MR) is 103 cm³/mol. The van der Waals surface area contributed by atoms with Crippen LogP contribution in [0.2, 0.25) is 0 Å². The molecule has 0 nitrogen and oxygen atoms in total. The van der Waals surface area contributed by atoms with Crippen molar-refractivity contribution in [1.82, 2.24) is 0 Å². The van der Waals surface area contributed by atoms with Crippen molar-refractivity contribution in [2.24, 2.45) is 0 Å². The molecule has 0 aromatic heterocycles. The van der Waals surface area contributed by atoms with E-state index in [-0.39, 0.29) is 0 Å². The molecule has 114 valence electrons. The Morgan fingerprint density at radius 2 is 1.09 bits per heavy atom. The van der Waals surface area contributed by atoms with Gasteiger partial charge in [-0.1, -0.05) is 92.2 Å². The summed E-state index contributed by atoms with van der Waals surface area (Å²) in [5.74, 6) is 0. The molecule has 4 aromatic carbocycles. The van der Waals surface area contributed by atoms with Gasteiger partial charge in [0.25, 0.3) is 0 Å². The average molecular weight is 298 g/mol. The Labute approximate surface area is 138 Å². The summed E-state index contributed by atoms with van der Waals surface area (Å²) in [6, 6.07) is 28.4. The van der Waals surface area contributed by atoms with Crippen molar-refractivity contribution in [2.45, 2.75) is 20.8 Å². The predicted octanol–water partition coefficient (Wildman–Crippen LogP) is 6.99. The van der Waals surface area contributed by atoms with E-state index in [0.29, 0.717) is 0 Å². The van der Waals surface area contributed by atoms with E-state index in [9.17, 15) is 0 Å². The Morgan fingerprint density at radius 3 is 1.78 bits per heavy atom. The van der Waals surface area contributed by atoms with Crippen LogP contribution in [0.5, 0.6) is 0 Å². The van der Waals surface area contributed by atoms with Crippen LogP contribution in [0.3, 0.4) is 0 Å². The number of fused-ring (bicyclic) bond motifs is 3. The topological polar surface area (TPSA) is 0 Å². The summed E-state index contributed by atoms with van der Waals surface area (Å²) >= 11 is 0. The zero-order chi connectivity index (χ0) is 16.2. The molecule has 0 heteroatoms. The maximum absolute atomic E-state index is 2.31. The second kappa shape index (κ2) is 6.66.